The summed E-state index contributed by atoms with van der Waals surface area (Å²) < 4.78 is 1.60. The summed E-state index contributed by atoms with van der Waals surface area (Å²) in [6.45, 7) is 3.85. The van der Waals surface area contributed by atoms with E-state index in [4.69, 9.17) is 0 Å². The molecule has 2 N–H and O–H groups in total. The lowest BCUT2D eigenvalue weighted by Gasteiger charge is -2.19. The van der Waals surface area contributed by atoms with Crippen LogP contribution in [0, 0.1) is 0 Å². The molecule has 7 heteroatoms. The van der Waals surface area contributed by atoms with E-state index in [1.807, 2.05) is 38.1 Å². The zero-order valence-electron chi connectivity index (χ0n) is 11.7. The van der Waals surface area contributed by atoms with Crippen LogP contribution in [0.3, 0.4) is 0 Å². The van der Waals surface area contributed by atoms with E-state index in [-0.39, 0.29) is 18.0 Å². The minimum absolute atomic E-state index is 0.0338. The maximum atomic E-state index is 11.5. The Morgan fingerprint density at radius 3 is 2.80 bits per heavy atom. The Hall–Kier alpha value is -2.28. The summed E-state index contributed by atoms with van der Waals surface area (Å²) in [5, 5.41) is 17.0. The van der Waals surface area contributed by atoms with Crippen LogP contribution in [0.4, 0.5) is 0 Å². The predicted molar refractivity (Wildman–Crippen MR) is 74.2 cm³/mol. The molecule has 1 aromatic heterocycles. The van der Waals surface area contributed by atoms with Crippen LogP contribution in [0.5, 0.6) is 0 Å². The van der Waals surface area contributed by atoms with Gasteiger partial charge in [-0.2, -0.15) is 0 Å². The minimum Gasteiger partial charge on any atom is -0.358 e. The van der Waals surface area contributed by atoms with E-state index >= 15 is 0 Å². The van der Waals surface area contributed by atoms with Crippen LogP contribution >= 0.6 is 0 Å². The quantitative estimate of drug-likeness (QED) is 0.827. The monoisotopic (exact) mass is 274 g/mol. The van der Waals surface area contributed by atoms with Gasteiger partial charge in [-0.15, -0.1) is 5.10 Å². The molecule has 0 aliphatic carbocycles. The topological polar surface area (TPSA) is 84.7 Å². The van der Waals surface area contributed by atoms with Crippen LogP contribution < -0.4 is 10.6 Å². The first-order valence-corrected chi connectivity index (χ1v) is 6.42. The standard InChI is InChI=1S/C13H18N6O/c1-9(16-10(2)13(20)14-3)11-5-4-6-12(7-11)19-8-15-17-18-19/h4-10,16H,1-3H3,(H,14,20). The van der Waals surface area contributed by atoms with E-state index in [9.17, 15) is 4.79 Å². The number of hydrogen-bond donors (Lipinski definition) is 2. The van der Waals surface area contributed by atoms with Gasteiger partial charge >= 0.3 is 0 Å². The van der Waals surface area contributed by atoms with Crippen molar-refractivity contribution < 1.29 is 4.79 Å². The summed E-state index contributed by atoms with van der Waals surface area (Å²) in [6.07, 6.45) is 1.55. The molecule has 1 heterocycles. The van der Waals surface area contributed by atoms with Crippen molar-refractivity contribution in [2.45, 2.75) is 25.9 Å². The van der Waals surface area contributed by atoms with Crippen molar-refractivity contribution in [1.82, 2.24) is 30.8 Å². The van der Waals surface area contributed by atoms with E-state index in [0.29, 0.717) is 0 Å². The van der Waals surface area contributed by atoms with Crippen molar-refractivity contribution in [2.24, 2.45) is 0 Å². The van der Waals surface area contributed by atoms with Gasteiger partial charge in [-0.3, -0.25) is 10.1 Å². The molecule has 0 aliphatic rings. The third kappa shape index (κ3) is 3.18. The van der Waals surface area contributed by atoms with E-state index in [1.54, 1.807) is 18.1 Å². The maximum absolute atomic E-state index is 11.5. The molecule has 0 spiro atoms. The molecule has 0 saturated carbocycles. The molecule has 2 aromatic rings. The second-order valence-corrected chi connectivity index (χ2v) is 4.57. The average Bonchev–Trinajstić information content (AvgIpc) is 3.00. The number of likely N-dealkylation sites (N-methyl/N-ethyl adjacent to an activating group) is 1. The van der Waals surface area contributed by atoms with Gasteiger partial charge < -0.3 is 5.32 Å². The largest absolute Gasteiger partial charge is 0.358 e. The molecule has 0 aliphatic heterocycles. The van der Waals surface area contributed by atoms with Crippen LogP contribution in [0.15, 0.2) is 30.6 Å². The van der Waals surface area contributed by atoms with E-state index in [2.05, 4.69) is 26.2 Å². The van der Waals surface area contributed by atoms with Crippen molar-refractivity contribution in [3.05, 3.63) is 36.2 Å². The van der Waals surface area contributed by atoms with Gasteiger partial charge in [0.15, 0.2) is 0 Å². The van der Waals surface area contributed by atoms with Gasteiger partial charge in [-0.25, -0.2) is 4.68 Å². The highest BCUT2D eigenvalue weighted by Gasteiger charge is 2.15. The van der Waals surface area contributed by atoms with Gasteiger partial charge in [0.25, 0.3) is 0 Å². The SMILES string of the molecule is CNC(=O)C(C)NC(C)c1cccc(-n2cnnn2)c1. The predicted octanol–water partition coefficient (Wildman–Crippen LogP) is 0.447. The Bertz CT molecular complexity index is 568. The fourth-order valence-corrected chi connectivity index (χ4v) is 1.98. The lowest BCUT2D eigenvalue weighted by Crippen LogP contribution is -2.41. The zero-order chi connectivity index (χ0) is 14.5. The molecule has 1 aromatic carbocycles. The molecule has 0 fully saturated rings. The number of hydrogen-bond acceptors (Lipinski definition) is 5. The smallest absolute Gasteiger partial charge is 0.236 e. The lowest BCUT2D eigenvalue weighted by molar-refractivity contribution is -0.122. The van der Waals surface area contributed by atoms with Crippen molar-refractivity contribution in [3.8, 4) is 5.69 Å². The van der Waals surface area contributed by atoms with Crippen molar-refractivity contribution in [1.29, 1.82) is 0 Å². The van der Waals surface area contributed by atoms with Gasteiger partial charge in [-0.1, -0.05) is 12.1 Å². The molecular formula is C13H18N6O. The number of aromatic nitrogens is 4. The van der Waals surface area contributed by atoms with E-state index in [1.165, 1.54) is 0 Å². The Labute approximate surface area is 117 Å². The Balaban J connectivity index is 2.12. The molecule has 2 unspecified atom stereocenters. The van der Waals surface area contributed by atoms with Crippen LogP contribution in [0.1, 0.15) is 25.5 Å². The van der Waals surface area contributed by atoms with Gasteiger partial charge in [0.05, 0.1) is 11.7 Å². The third-order valence-electron chi connectivity index (χ3n) is 3.12. The molecule has 2 rings (SSSR count). The molecule has 0 saturated heterocycles. The van der Waals surface area contributed by atoms with Crippen molar-refractivity contribution >= 4 is 5.91 Å². The highest BCUT2D eigenvalue weighted by molar-refractivity contribution is 5.80. The number of amides is 1. The number of nitrogens with zero attached hydrogens (tertiary/aromatic N) is 4. The Morgan fingerprint density at radius 2 is 2.15 bits per heavy atom. The van der Waals surface area contributed by atoms with Gasteiger partial charge in [0.1, 0.15) is 6.33 Å². The van der Waals surface area contributed by atoms with Crippen LogP contribution in [0.25, 0.3) is 5.69 Å². The third-order valence-corrected chi connectivity index (χ3v) is 3.12. The number of nitrogens with one attached hydrogen (secondary N) is 2. The van der Waals surface area contributed by atoms with Crippen LogP contribution in [-0.2, 0) is 4.79 Å². The second kappa shape index (κ2) is 6.25. The van der Waals surface area contributed by atoms with Crippen LogP contribution in [0.2, 0.25) is 0 Å². The van der Waals surface area contributed by atoms with Gasteiger partial charge in [-0.05, 0) is 42.0 Å². The van der Waals surface area contributed by atoms with Crippen molar-refractivity contribution in [2.75, 3.05) is 7.05 Å². The summed E-state index contributed by atoms with van der Waals surface area (Å²) in [7, 11) is 1.63. The number of tetrazole rings is 1. The first-order chi connectivity index (χ1) is 9.61. The Morgan fingerprint density at radius 1 is 1.35 bits per heavy atom. The second-order valence-electron chi connectivity index (χ2n) is 4.57. The summed E-state index contributed by atoms with van der Waals surface area (Å²) in [5.41, 5.74) is 1.95. The number of carbonyl (C=O) groups excluding carboxylic acids is 1. The number of carbonyl (C=O) groups is 1. The number of rotatable bonds is 5. The summed E-state index contributed by atoms with van der Waals surface area (Å²) in [5.74, 6) is -0.0338. The molecule has 106 valence electrons. The first kappa shape index (κ1) is 14.1. The summed E-state index contributed by atoms with van der Waals surface area (Å²) in [4.78, 5) is 11.5. The highest BCUT2D eigenvalue weighted by Crippen LogP contribution is 2.16. The molecule has 1 amide bonds. The zero-order valence-corrected chi connectivity index (χ0v) is 11.7. The molecule has 20 heavy (non-hydrogen) atoms. The average molecular weight is 274 g/mol. The summed E-state index contributed by atoms with van der Waals surface area (Å²) >= 11 is 0. The van der Waals surface area contributed by atoms with E-state index in [0.717, 1.165) is 11.3 Å². The van der Waals surface area contributed by atoms with Gasteiger partial charge in [0, 0.05) is 13.1 Å². The minimum atomic E-state index is -0.258. The molecule has 0 bridgehead atoms. The highest BCUT2D eigenvalue weighted by atomic mass is 16.2. The molecule has 7 nitrogen and oxygen atoms in total. The van der Waals surface area contributed by atoms with E-state index < -0.39 is 0 Å². The molecule has 2 atom stereocenters. The van der Waals surface area contributed by atoms with Gasteiger partial charge in [0.2, 0.25) is 5.91 Å². The lowest BCUT2D eigenvalue weighted by atomic mass is 10.1. The molecule has 0 radical (unpaired) electrons. The fourth-order valence-electron chi connectivity index (χ4n) is 1.98. The van der Waals surface area contributed by atoms with Crippen molar-refractivity contribution in [3.63, 3.8) is 0 Å². The Kier molecular flexibility index (Phi) is 4.41. The molecular weight excluding hydrogens is 256 g/mol. The van der Waals surface area contributed by atoms with Crippen LogP contribution in [-0.4, -0.2) is 39.2 Å². The fraction of sp³-hybridized carbons (Fsp3) is 0.385. The summed E-state index contributed by atoms with van der Waals surface area (Å²) in [6, 6.07) is 7.64. The first-order valence-electron chi connectivity index (χ1n) is 6.42. The normalized spacial score (nSPS) is 13.8. The number of benzene rings is 1. The maximum Gasteiger partial charge on any atom is 0.236 e.